The Morgan fingerprint density at radius 1 is 1.05 bits per heavy atom. The number of ether oxygens (including phenoxy) is 2. The zero-order chi connectivity index (χ0) is 13.8. The topological polar surface area (TPSA) is 38.7 Å². The summed E-state index contributed by atoms with van der Waals surface area (Å²) in [6.07, 6.45) is 3.55. The van der Waals surface area contributed by atoms with E-state index in [0.717, 1.165) is 24.3 Å². The first kappa shape index (κ1) is 15.6. The van der Waals surface area contributed by atoms with Gasteiger partial charge in [0.2, 0.25) is 0 Å². The molecule has 0 amide bonds. The van der Waals surface area contributed by atoms with Gasteiger partial charge in [0.05, 0.1) is 6.61 Å². The summed E-state index contributed by atoms with van der Waals surface area (Å²) >= 11 is 0. The monoisotopic (exact) mass is 262 g/mol. The standard InChI is InChI=1S/C16H22O3/c1-2-3-4-12-18-13-14-19-16-9-7-15(8-10-16)6-5-11-17/h7-10,17H,2-4,11-14H2,1H3. The molecular formula is C16H22O3. The number of hydrogen-bond acceptors (Lipinski definition) is 3. The normalized spacial score (nSPS) is 9.79. The summed E-state index contributed by atoms with van der Waals surface area (Å²) in [7, 11) is 0. The van der Waals surface area contributed by atoms with E-state index in [1.807, 2.05) is 24.3 Å². The van der Waals surface area contributed by atoms with Gasteiger partial charge in [0, 0.05) is 12.2 Å². The molecule has 0 heterocycles. The van der Waals surface area contributed by atoms with Crippen LogP contribution >= 0.6 is 0 Å². The lowest BCUT2D eigenvalue weighted by molar-refractivity contribution is 0.0973. The second kappa shape index (κ2) is 10.4. The van der Waals surface area contributed by atoms with Gasteiger partial charge < -0.3 is 14.6 Å². The van der Waals surface area contributed by atoms with Gasteiger partial charge in [-0.25, -0.2) is 0 Å². The van der Waals surface area contributed by atoms with Crippen molar-refractivity contribution in [1.29, 1.82) is 0 Å². The lowest BCUT2D eigenvalue weighted by Gasteiger charge is -2.07. The molecule has 0 saturated heterocycles. The molecule has 1 aromatic rings. The van der Waals surface area contributed by atoms with Crippen LogP contribution in [-0.4, -0.2) is 31.5 Å². The molecule has 0 bridgehead atoms. The van der Waals surface area contributed by atoms with Gasteiger partial charge in [-0.15, -0.1) is 0 Å². The van der Waals surface area contributed by atoms with Crippen LogP contribution in [0.15, 0.2) is 24.3 Å². The average molecular weight is 262 g/mol. The van der Waals surface area contributed by atoms with Crippen LogP contribution in [0.2, 0.25) is 0 Å². The lowest BCUT2D eigenvalue weighted by atomic mass is 10.2. The summed E-state index contributed by atoms with van der Waals surface area (Å²) in [6.45, 7) is 4.06. The minimum Gasteiger partial charge on any atom is -0.491 e. The molecule has 0 spiro atoms. The maximum atomic E-state index is 8.59. The fourth-order valence-corrected chi connectivity index (χ4v) is 1.55. The number of hydrogen-bond donors (Lipinski definition) is 1. The van der Waals surface area contributed by atoms with Crippen LogP contribution in [0.25, 0.3) is 0 Å². The lowest BCUT2D eigenvalue weighted by Crippen LogP contribution is -2.07. The second-order valence-electron chi connectivity index (χ2n) is 4.15. The van der Waals surface area contributed by atoms with E-state index in [0.29, 0.717) is 13.2 Å². The fraction of sp³-hybridized carbons (Fsp3) is 0.500. The highest BCUT2D eigenvalue weighted by Crippen LogP contribution is 2.11. The number of aliphatic hydroxyl groups is 1. The van der Waals surface area contributed by atoms with Crippen molar-refractivity contribution >= 4 is 0 Å². The van der Waals surface area contributed by atoms with Crippen LogP contribution in [0.3, 0.4) is 0 Å². The molecule has 19 heavy (non-hydrogen) atoms. The quantitative estimate of drug-likeness (QED) is 0.578. The summed E-state index contributed by atoms with van der Waals surface area (Å²) in [5, 5.41) is 8.59. The van der Waals surface area contributed by atoms with Gasteiger partial charge >= 0.3 is 0 Å². The Bertz CT molecular complexity index is 387. The van der Waals surface area contributed by atoms with Crippen LogP contribution < -0.4 is 4.74 Å². The molecule has 1 N–H and O–H groups in total. The van der Waals surface area contributed by atoms with Crippen molar-refractivity contribution in [1.82, 2.24) is 0 Å². The predicted molar refractivity (Wildman–Crippen MR) is 76.2 cm³/mol. The van der Waals surface area contributed by atoms with Crippen molar-refractivity contribution in [3.63, 3.8) is 0 Å². The third-order valence-corrected chi connectivity index (χ3v) is 2.55. The smallest absolute Gasteiger partial charge is 0.119 e. The molecule has 0 atom stereocenters. The number of unbranched alkanes of at least 4 members (excludes halogenated alkanes) is 2. The van der Waals surface area contributed by atoms with E-state index in [2.05, 4.69) is 18.8 Å². The Kier molecular flexibility index (Phi) is 8.54. The van der Waals surface area contributed by atoms with E-state index in [-0.39, 0.29) is 6.61 Å². The largest absolute Gasteiger partial charge is 0.491 e. The fourth-order valence-electron chi connectivity index (χ4n) is 1.55. The minimum atomic E-state index is -0.117. The van der Waals surface area contributed by atoms with Gasteiger partial charge in [0.1, 0.15) is 19.0 Å². The van der Waals surface area contributed by atoms with E-state index >= 15 is 0 Å². The Morgan fingerprint density at radius 2 is 1.84 bits per heavy atom. The molecule has 3 nitrogen and oxygen atoms in total. The number of rotatable bonds is 8. The van der Waals surface area contributed by atoms with Crippen molar-refractivity contribution < 1.29 is 14.6 Å². The summed E-state index contributed by atoms with van der Waals surface area (Å²) in [5.74, 6) is 6.25. The Balaban J connectivity index is 2.16. The third-order valence-electron chi connectivity index (χ3n) is 2.55. The molecular weight excluding hydrogens is 240 g/mol. The van der Waals surface area contributed by atoms with Crippen molar-refractivity contribution in [2.24, 2.45) is 0 Å². The third kappa shape index (κ3) is 7.50. The first-order valence-corrected chi connectivity index (χ1v) is 6.77. The highest BCUT2D eigenvalue weighted by Gasteiger charge is 1.94. The first-order valence-electron chi connectivity index (χ1n) is 6.77. The highest BCUT2D eigenvalue weighted by atomic mass is 16.5. The first-order chi connectivity index (χ1) is 9.36. The van der Waals surface area contributed by atoms with Gasteiger partial charge in [0.25, 0.3) is 0 Å². The Labute approximate surface area is 115 Å². The molecule has 0 saturated carbocycles. The van der Waals surface area contributed by atoms with Crippen LogP contribution in [0.1, 0.15) is 31.7 Å². The van der Waals surface area contributed by atoms with E-state index in [9.17, 15) is 0 Å². The van der Waals surface area contributed by atoms with E-state index in [4.69, 9.17) is 14.6 Å². The second-order valence-corrected chi connectivity index (χ2v) is 4.15. The van der Waals surface area contributed by atoms with E-state index < -0.39 is 0 Å². The summed E-state index contributed by atoms with van der Waals surface area (Å²) in [5.41, 5.74) is 0.872. The maximum absolute atomic E-state index is 8.59. The maximum Gasteiger partial charge on any atom is 0.119 e. The Morgan fingerprint density at radius 3 is 2.53 bits per heavy atom. The summed E-state index contributed by atoms with van der Waals surface area (Å²) in [6, 6.07) is 7.50. The molecule has 0 fully saturated rings. The molecule has 1 aromatic carbocycles. The van der Waals surface area contributed by atoms with Crippen molar-refractivity contribution in [2.45, 2.75) is 26.2 Å². The van der Waals surface area contributed by atoms with Crippen LogP contribution in [-0.2, 0) is 4.74 Å². The van der Waals surface area contributed by atoms with Crippen molar-refractivity contribution in [3.05, 3.63) is 29.8 Å². The van der Waals surface area contributed by atoms with Crippen LogP contribution in [0, 0.1) is 11.8 Å². The van der Waals surface area contributed by atoms with Crippen molar-refractivity contribution in [3.8, 4) is 17.6 Å². The van der Waals surface area contributed by atoms with Gasteiger partial charge in [-0.2, -0.15) is 0 Å². The molecule has 0 aliphatic rings. The van der Waals surface area contributed by atoms with Crippen LogP contribution in [0.4, 0.5) is 0 Å². The van der Waals surface area contributed by atoms with Gasteiger partial charge in [-0.1, -0.05) is 31.6 Å². The number of benzene rings is 1. The van der Waals surface area contributed by atoms with Gasteiger partial charge in [0.15, 0.2) is 0 Å². The van der Waals surface area contributed by atoms with E-state index in [1.165, 1.54) is 12.8 Å². The summed E-state index contributed by atoms with van der Waals surface area (Å²) in [4.78, 5) is 0. The average Bonchev–Trinajstić information content (AvgIpc) is 2.45. The molecule has 0 aromatic heterocycles. The SMILES string of the molecule is CCCCCOCCOc1ccc(C#CCO)cc1. The molecule has 0 aliphatic carbocycles. The predicted octanol–water partition coefficient (Wildman–Crippen LogP) is 2.62. The zero-order valence-corrected chi connectivity index (χ0v) is 11.5. The molecule has 0 aliphatic heterocycles. The zero-order valence-electron chi connectivity index (χ0n) is 11.5. The minimum absolute atomic E-state index is 0.117. The van der Waals surface area contributed by atoms with Crippen molar-refractivity contribution in [2.75, 3.05) is 26.4 Å². The van der Waals surface area contributed by atoms with E-state index in [1.54, 1.807) is 0 Å². The van der Waals surface area contributed by atoms with Gasteiger partial charge in [-0.3, -0.25) is 0 Å². The molecule has 1 rings (SSSR count). The number of aliphatic hydroxyl groups excluding tert-OH is 1. The van der Waals surface area contributed by atoms with Gasteiger partial charge in [-0.05, 0) is 30.7 Å². The summed E-state index contributed by atoms with van der Waals surface area (Å²) < 4.78 is 11.0. The highest BCUT2D eigenvalue weighted by molar-refractivity contribution is 5.38. The Hall–Kier alpha value is -1.50. The molecule has 0 unspecified atom stereocenters. The van der Waals surface area contributed by atoms with Crippen LogP contribution in [0.5, 0.6) is 5.75 Å². The molecule has 3 heteroatoms. The molecule has 0 radical (unpaired) electrons. The molecule has 104 valence electrons.